The van der Waals surface area contributed by atoms with Gasteiger partial charge in [-0.3, -0.25) is 19.7 Å². The van der Waals surface area contributed by atoms with Crippen molar-refractivity contribution >= 4 is 29.2 Å². The Balaban J connectivity index is 1.47. The second-order valence-electron chi connectivity index (χ2n) is 9.52. The van der Waals surface area contributed by atoms with Gasteiger partial charge in [0, 0.05) is 41.9 Å². The van der Waals surface area contributed by atoms with E-state index in [4.69, 9.17) is 38.4 Å². The molecule has 2 aromatic heterocycles. The Morgan fingerprint density at radius 2 is 1.44 bits per heavy atom. The summed E-state index contributed by atoms with van der Waals surface area (Å²) in [5, 5.41) is 10.2. The molecular weight excluding hydrogens is 567 g/mol. The van der Waals surface area contributed by atoms with Gasteiger partial charge in [0.05, 0.1) is 54.0 Å². The molecule has 3 N–H and O–H groups in total. The largest absolute Gasteiger partial charge is 0.481 e. The molecule has 2 aromatic carbocycles. The summed E-state index contributed by atoms with van der Waals surface area (Å²) in [6.45, 7) is 1.78. The second kappa shape index (κ2) is 12.4. The van der Waals surface area contributed by atoms with Crippen LogP contribution in [0.4, 0.5) is 0 Å². The van der Waals surface area contributed by atoms with Gasteiger partial charge >= 0.3 is 5.97 Å². The predicted octanol–water partition coefficient (Wildman–Crippen LogP) is 4.96. The highest BCUT2D eigenvalue weighted by molar-refractivity contribution is 6.39. The molecule has 0 aliphatic carbocycles. The number of rotatable bonds is 9. The third-order valence-electron chi connectivity index (χ3n) is 7.04. The van der Waals surface area contributed by atoms with Crippen molar-refractivity contribution in [1.82, 2.24) is 24.8 Å². The number of aromatic nitrogens is 4. The summed E-state index contributed by atoms with van der Waals surface area (Å²) in [6.07, 6.45) is 3.86. The van der Waals surface area contributed by atoms with E-state index in [1.165, 1.54) is 14.2 Å². The van der Waals surface area contributed by atoms with E-state index in [-0.39, 0.29) is 12.5 Å². The van der Waals surface area contributed by atoms with E-state index >= 15 is 0 Å². The predicted molar refractivity (Wildman–Crippen MR) is 156 cm³/mol. The smallest absolute Gasteiger partial charge is 0.307 e. The van der Waals surface area contributed by atoms with Crippen molar-refractivity contribution in [3.8, 4) is 45.4 Å². The maximum atomic E-state index is 11.3. The molecule has 5 rings (SSSR count). The number of methoxy groups -OCH3 is 2. The summed E-state index contributed by atoms with van der Waals surface area (Å²) < 4.78 is 10.9. The molecule has 1 fully saturated rings. The summed E-state index contributed by atoms with van der Waals surface area (Å²) in [6, 6.07) is 11.2. The van der Waals surface area contributed by atoms with Crippen LogP contribution in [0.3, 0.4) is 0 Å². The van der Waals surface area contributed by atoms with E-state index in [1.54, 1.807) is 12.4 Å². The van der Waals surface area contributed by atoms with E-state index in [9.17, 15) is 9.90 Å². The Labute approximate surface area is 247 Å². The highest BCUT2D eigenvalue weighted by atomic mass is 35.5. The Kier molecular flexibility index (Phi) is 8.65. The molecule has 0 bridgehead atoms. The molecule has 0 spiro atoms. The molecule has 10 nitrogen and oxygen atoms in total. The van der Waals surface area contributed by atoms with Crippen LogP contribution in [0.5, 0.6) is 11.8 Å². The van der Waals surface area contributed by atoms with Crippen molar-refractivity contribution in [1.29, 1.82) is 0 Å². The molecule has 3 heterocycles. The Morgan fingerprint density at radius 1 is 0.927 bits per heavy atom. The van der Waals surface area contributed by atoms with E-state index < -0.39 is 5.97 Å². The van der Waals surface area contributed by atoms with E-state index in [2.05, 4.69) is 19.9 Å². The molecule has 1 aliphatic heterocycles. The molecule has 12 heteroatoms. The Morgan fingerprint density at radius 3 is 1.93 bits per heavy atom. The monoisotopic (exact) mass is 594 g/mol. The number of aliphatic carboxylic acids is 1. The quantitative estimate of drug-likeness (QED) is 0.273. The van der Waals surface area contributed by atoms with Crippen LogP contribution in [-0.2, 0) is 17.9 Å². The number of halogens is 2. The van der Waals surface area contributed by atoms with E-state index in [1.807, 2.05) is 41.3 Å². The molecule has 41 heavy (non-hydrogen) atoms. The van der Waals surface area contributed by atoms with Crippen molar-refractivity contribution in [2.45, 2.75) is 19.5 Å². The molecule has 0 radical (unpaired) electrons. The van der Waals surface area contributed by atoms with Gasteiger partial charge in [-0.2, -0.15) is 0 Å². The molecule has 1 saturated heterocycles. The minimum Gasteiger partial charge on any atom is -0.481 e. The fourth-order valence-corrected chi connectivity index (χ4v) is 5.54. The summed E-state index contributed by atoms with van der Waals surface area (Å²) >= 11 is 13.9. The number of ether oxygens (including phenoxy) is 2. The molecule has 212 valence electrons. The number of nitrogens with two attached hydrogens (primary N) is 1. The standard InChI is InChI=1S/C29H28Cl2N6O4/c1-40-27-21(11-32)33-12-22(35-27)19-7-3-5-17(25(19)30)18-6-4-8-20(26(18)31)23-13-34-24(28(36-23)41-2)15-37-10-9-16(14-37)29(38)39/h3-8,12-13,16H,9-11,14-15,32H2,1-2H3,(H,38,39)/t16-/m0/s1. The zero-order chi connectivity index (χ0) is 29.1. The topological polar surface area (TPSA) is 137 Å². The van der Waals surface area contributed by atoms with Crippen molar-refractivity contribution in [2.75, 3.05) is 27.3 Å². The van der Waals surface area contributed by atoms with Crippen LogP contribution in [0.25, 0.3) is 33.6 Å². The SMILES string of the molecule is COc1nc(-c2cccc(-c3cccc(-c4cnc(CN5CC[C@H](C(=O)O)C5)c(OC)n4)c3Cl)c2Cl)cnc1CN. The minimum absolute atomic E-state index is 0.199. The molecule has 1 aliphatic rings. The number of likely N-dealkylation sites (tertiary alicyclic amines) is 1. The van der Waals surface area contributed by atoms with Gasteiger partial charge in [-0.25, -0.2) is 9.97 Å². The van der Waals surface area contributed by atoms with Crippen LogP contribution in [0.15, 0.2) is 48.8 Å². The highest BCUT2D eigenvalue weighted by Gasteiger charge is 2.29. The Bertz CT molecular complexity index is 1600. The van der Waals surface area contributed by atoms with Gasteiger partial charge in [-0.1, -0.05) is 59.6 Å². The van der Waals surface area contributed by atoms with Crippen LogP contribution < -0.4 is 15.2 Å². The number of benzene rings is 2. The molecular formula is C29H28Cl2N6O4. The first-order valence-electron chi connectivity index (χ1n) is 12.9. The summed E-state index contributed by atoms with van der Waals surface area (Å²) in [5.74, 6) is -0.456. The van der Waals surface area contributed by atoms with Gasteiger partial charge in [0.1, 0.15) is 11.4 Å². The molecule has 0 amide bonds. The maximum Gasteiger partial charge on any atom is 0.307 e. The van der Waals surface area contributed by atoms with E-state index in [0.717, 1.165) is 0 Å². The summed E-state index contributed by atoms with van der Waals surface area (Å²) in [7, 11) is 3.05. The van der Waals surface area contributed by atoms with Crippen molar-refractivity contribution in [3.05, 3.63) is 70.2 Å². The average Bonchev–Trinajstić information content (AvgIpc) is 3.46. The van der Waals surface area contributed by atoms with Gasteiger partial charge in [-0.05, 0) is 13.0 Å². The van der Waals surface area contributed by atoms with Crippen LogP contribution in [0.2, 0.25) is 10.0 Å². The van der Waals surface area contributed by atoms with Crippen LogP contribution in [-0.4, -0.2) is 63.2 Å². The lowest BCUT2D eigenvalue weighted by molar-refractivity contribution is -0.141. The zero-order valence-corrected chi connectivity index (χ0v) is 24.0. The number of nitrogens with zero attached hydrogens (tertiary/aromatic N) is 5. The first-order valence-corrected chi connectivity index (χ1v) is 13.6. The zero-order valence-electron chi connectivity index (χ0n) is 22.5. The number of carboxylic acids is 1. The van der Waals surface area contributed by atoms with Crippen molar-refractivity contribution < 1.29 is 19.4 Å². The van der Waals surface area contributed by atoms with Crippen molar-refractivity contribution in [2.24, 2.45) is 11.7 Å². The molecule has 1 atom stereocenters. The van der Waals surface area contributed by atoms with Crippen LogP contribution in [0, 0.1) is 5.92 Å². The summed E-state index contributed by atoms with van der Waals surface area (Å²) in [5.41, 5.74) is 10.7. The van der Waals surface area contributed by atoms with Gasteiger partial charge in [-0.15, -0.1) is 0 Å². The number of carboxylic acid groups (broad SMARTS) is 1. The molecule has 4 aromatic rings. The highest BCUT2D eigenvalue weighted by Crippen LogP contribution is 2.42. The number of carbonyl (C=O) groups is 1. The fraction of sp³-hybridized carbons (Fsp3) is 0.276. The number of hydrogen-bond acceptors (Lipinski definition) is 9. The second-order valence-corrected chi connectivity index (χ2v) is 10.3. The van der Waals surface area contributed by atoms with Gasteiger partial charge < -0.3 is 20.3 Å². The maximum absolute atomic E-state index is 11.3. The van der Waals surface area contributed by atoms with Gasteiger partial charge in [0.15, 0.2) is 0 Å². The third kappa shape index (κ3) is 5.82. The Hall–Kier alpha value is -3.83. The first kappa shape index (κ1) is 28.7. The van der Waals surface area contributed by atoms with Gasteiger partial charge in [0.25, 0.3) is 0 Å². The summed E-state index contributed by atoms with van der Waals surface area (Å²) in [4.78, 5) is 31.6. The average molecular weight is 595 g/mol. The lowest BCUT2D eigenvalue weighted by Gasteiger charge is -2.17. The first-order chi connectivity index (χ1) is 19.8. The van der Waals surface area contributed by atoms with Crippen molar-refractivity contribution in [3.63, 3.8) is 0 Å². The molecule has 0 saturated carbocycles. The lowest BCUT2D eigenvalue weighted by atomic mass is 9.98. The molecule has 0 unspecified atom stereocenters. The van der Waals surface area contributed by atoms with E-state index in [0.29, 0.717) is 92.9 Å². The minimum atomic E-state index is -0.779. The third-order valence-corrected chi connectivity index (χ3v) is 7.85. The van der Waals surface area contributed by atoms with Gasteiger partial charge in [0.2, 0.25) is 11.8 Å². The number of hydrogen-bond donors (Lipinski definition) is 2. The van der Waals surface area contributed by atoms with Crippen LogP contribution in [0.1, 0.15) is 17.8 Å². The fourth-order valence-electron chi connectivity index (χ4n) is 4.89. The lowest BCUT2D eigenvalue weighted by Crippen LogP contribution is -2.23. The normalized spacial score (nSPS) is 15.2. The van der Waals surface area contributed by atoms with Crippen LogP contribution >= 0.6 is 23.2 Å².